The molecule has 29 heavy (non-hydrogen) atoms. The number of hydrogen-bond donors (Lipinski definition) is 2. The van der Waals surface area contributed by atoms with E-state index in [0.29, 0.717) is 16.3 Å². The number of nitrogens with one attached hydrogen (secondary N) is 2. The van der Waals surface area contributed by atoms with Crippen molar-refractivity contribution in [3.8, 4) is 0 Å². The molecule has 0 spiro atoms. The zero-order valence-electron chi connectivity index (χ0n) is 16.7. The first-order valence-corrected chi connectivity index (χ1v) is 10.9. The number of carbonyl (C=O) groups is 3. The number of anilines is 2. The van der Waals surface area contributed by atoms with Crippen LogP contribution in [0.1, 0.15) is 53.1 Å². The standard InChI is InChI=1S/C22H27N3O3S/c1-16-6-12-20(29-16)19(26)11-13-21(27)23-17-7-9-18(10-8-17)24-22(28)25-14-4-2-3-5-15-25/h6-10,12H,2-5,11,13-15H2,1H3,(H,23,27)(H,24,28). The maximum atomic E-state index is 12.4. The zero-order valence-corrected chi connectivity index (χ0v) is 17.5. The molecule has 1 fully saturated rings. The summed E-state index contributed by atoms with van der Waals surface area (Å²) in [6, 6.07) is 10.7. The molecule has 3 amide bonds. The number of benzene rings is 1. The van der Waals surface area contributed by atoms with Crippen LogP contribution in [0.5, 0.6) is 0 Å². The Morgan fingerprint density at radius 3 is 2.07 bits per heavy atom. The Morgan fingerprint density at radius 2 is 1.48 bits per heavy atom. The number of rotatable bonds is 6. The average Bonchev–Trinajstić information content (AvgIpc) is 2.97. The number of ketones is 1. The van der Waals surface area contributed by atoms with Crippen LogP contribution in [0, 0.1) is 6.92 Å². The van der Waals surface area contributed by atoms with E-state index >= 15 is 0 Å². The Kier molecular flexibility index (Phi) is 7.41. The van der Waals surface area contributed by atoms with Crippen molar-refractivity contribution in [1.29, 1.82) is 0 Å². The van der Waals surface area contributed by atoms with E-state index < -0.39 is 0 Å². The van der Waals surface area contributed by atoms with Crippen molar-refractivity contribution in [2.24, 2.45) is 0 Å². The van der Waals surface area contributed by atoms with Crippen LogP contribution in [0.4, 0.5) is 16.2 Å². The Balaban J connectivity index is 1.45. The van der Waals surface area contributed by atoms with Gasteiger partial charge in [-0.25, -0.2) is 4.79 Å². The number of thiophene rings is 1. The van der Waals surface area contributed by atoms with Crippen LogP contribution in [0.15, 0.2) is 36.4 Å². The highest BCUT2D eigenvalue weighted by atomic mass is 32.1. The van der Waals surface area contributed by atoms with Gasteiger partial charge in [0.2, 0.25) is 5.91 Å². The third-order valence-corrected chi connectivity index (χ3v) is 5.95. The fraction of sp³-hybridized carbons (Fsp3) is 0.409. The molecule has 1 aliphatic rings. The normalized spacial score (nSPS) is 14.2. The van der Waals surface area contributed by atoms with E-state index in [1.807, 2.05) is 17.9 Å². The third kappa shape index (κ3) is 6.42. The van der Waals surface area contributed by atoms with E-state index in [2.05, 4.69) is 10.6 Å². The highest BCUT2D eigenvalue weighted by Gasteiger charge is 2.15. The van der Waals surface area contributed by atoms with Gasteiger partial charge >= 0.3 is 6.03 Å². The highest BCUT2D eigenvalue weighted by molar-refractivity contribution is 7.14. The molecule has 0 aliphatic carbocycles. The predicted molar refractivity (Wildman–Crippen MR) is 117 cm³/mol. The van der Waals surface area contributed by atoms with Gasteiger partial charge in [-0.3, -0.25) is 9.59 Å². The second-order valence-corrected chi connectivity index (χ2v) is 8.58. The van der Waals surface area contributed by atoms with Crippen molar-refractivity contribution in [2.45, 2.75) is 45.4 Å². The molecule has 0 bridgehead atoms. The number of aryl methyl sites for hydroxylation is 1. The zero-order chi connectivity index (χ0) is 20.6. The average molecular weight is 414 g/mol. The van der Waals surface area contributed by atoms with Gasteiger partial charge in [-0.05, 0) is 56.2 Å². The maximum absolute atomic E-state index is 12.4. The first-order chi connectivity index (χ1) is 14.0. The lowest BCUT2D eigenvalue weighted by molar-refractivity contribution is -0.116. The second kappa shape index (κ2) is 10.2. The number of amides is 3. The molecule has 1 aromatic carbocycles. The van der Waals surface area contributed by atoms with Gasteiger partial charge in [-0.1, -0.05) is 12.8 Å². The minimum atomic E-state index is -0.201. The molecule has 2 N–H and O–H groups in total. The molecule has 3 rings (SSSR count). The summed E-state index contributed by atoms with van der Waals surface area (Å²) in [4.78, 5) is 40.2. The SMILES string of the molecule is Cc1ccc(C(=O)CCC(=O)Nc2ccc(NC(=O)N3CCCCCC3)cc2)s1. The van der Waals surface area contributed by atoms with Crippen LogP contribution >= 0.6 is 11.3 Å². The lowest BCUT2D eigenvalue weighted by Crippen LogP contribution is -2.35. The lowest BCUT2D eigenvalue weighted by atomic mass is 10.2. The van der Waals surface area contributed by atoms with Gasteiger partial charge in [0.1, 0.15) is 0 Å². The van der Waals surface area contributed by atoms with E-state index in [1.54, 1.807) is 30.3 Å². The summed E-state index contributed by atoms with van der Waals surface area (Å²) < 4.78 is 0. The summed E-state index contributed by atoms with van der Waals surface area (Å²) in [6.45, 7) is 3.54. The molecule has 2 heterocycles. The Morgan fingerprint density at radius 1 is 0.862 bits per heavy atom. The van der Waals surface area contributed by atoms with Crippen LogP contribution in [0.2, 0.25) is 0 Å². The summed E-state index contributed by atoms with van der Waals surface area (Å²) in [5, 5.41) is 5.71. The van der Waals surface area contributed by atoms with Gasteiger partial charge in [0.05, 0.1) is 4.88 Å². The maximum Gasteiger partial charge on any atom is 0.321 e. The van der Waals surface area contributed by atoms with Gasteiger partial charge in [-0.15, -0.1) is 11.3 Å². The van der Waals surface area contributed by atoms with Crippen molar-refractivity contribution in [1.82, 2.24) is 4.90 Å². The van der Waals surface area contributed by atoms with Crippen LogP contribution in [-0.4, -0.2) is 35.7 Å². The third-order valence-electron chi connectivity index (χ3n) is 4.91. The molecule has 7 heteroatoms. The molecule has 0 radical (unpaired) electrons. The van der Waals surface area contributed by atoms with Gasteiger partial charge in [-0.2, -0.15) is 0 Å². The fourth-order valence-corrected chi connectivity index (χ4v) is 4.11. The number of likely N-dealkylation sites (tertiary alicyclic amines) is 1. The first-order valence-electron chi connectivity index (χ1n) is 10.1. The van der Waals surface area contributed by atoms with E-state index in [1.165, 1.54) is 24.2 Å². The molecule has 154 valence electrons. The van der Waals surface area contributed by atoms with Crippen molar-refractivity contribution >= 4 is 40.4 Å². The van der Waals surface area contributed by atoms with E-state index in [0.717, 1.165) is 30.8 Å². The molecule has 1 aliphatic heterocycles. The molecule has 0 saturated carbocycles. The molecule has 2 aromatic rings. The summed E-state index contributed by atoms with van der Waals surface area (Å²) in [5.41, 5.74) is 1.34. The van der Waals surface area contributed by atoms with E-state index in [4.69, 9.17) is 0 Å². The van der Waals surface area contributed by atoms with Crippen molar-refractivity contribution in [3.63, 3.8) is 0 Å². The Hall–Kier alpha value is -2.67. The van der Waals surface area contributed by atoms with Crippen LogP contribution in [-0.2, 0) is 4.79 Å². The smallest absolute Gasteiger partial charge is 0.321 e. The molecule has 6 nitrogen and oxygen atoms in total. The summed E-state index contributed by atoms with van der Waals surface area (Å²) in [6.07, 6.45) is 4.78. The summed E-state index contributed by atoms with van der Waals surface area (Å²) in [7, 11) is 0. The second-order valence-electron chi connectivity index (χ2n) is 7.29. The Bertz CT molecular complexity index is 852. The minimum Gasteiger partial charge on any atom is -0.326 e. The number of carbonyl (C=O) groups excluding carboxylic acids is 3. The largest absolute Gasteiger partial charge is 0.326 e. The Labute approximate surface area is 175 Å². The first kappa shape index (κ1) is 21.0. The van der Waals surface area contributed by atoms with Gasteiger partial charge in [0, 0.05) is 42.2 Å². The highest BCUT2D eigenvalue weighted by Crippen LogP contribution is 2.19. The van der Waals surface area contributed by atoms with Gasteiger partial charge in [0.25, 0.3) is 0 Å². The van der Waals surface area contributed by atoms with Crippen molar-refractivity contribution in [3.05, 3.63) is 46.2 Å². The van der Waals surface area contributed by atoms with Crippen LogP contribution in [0.3, 0.4) is 0 Å². The van der Waals surface area contributed by atoms with Crippen LogP contribution < -0.4 is 10.6 Å². The molecule has 1 saturated heterocycles. The molecule has 1 aromatic heterocycles. The van der Waals surface area contributed by atoms with E-state index in [9.17, 15) is 14.4 Å². The van der Waals surface area contributed by atoms with Gasteiger partial charge in [0.15, 0.2) is 5.78 Å². The predicted octanol–water partition coefficient (Wildman–Crippen LogP) is 5.07. The topological polar surface area (TPSA) is 78.5 Å². The quantitative estimate of drug-likeness (QED) is 0.649. The molecular formula is C22H27N3O3S. The lowest BCUT2D eigenvalue weighted by Gasteiger charge is -2.20. The number of Topliss-reactive ketones (excluding diaryl/α,β-unsaturated/α-hetero) is 1. The number of hydrogen-bond acceptors (Lipinski definition) is 4. The molecule has 0 atom stereocenters. The minimum absolute atomic E-state index is 0.00942. The van der Waals surface area contributed by atoms with Crippen molar-refractivity contribution in [2.75, 3.05) is 23.7 Å². The van der Waals surface area contributed by atoms with Gasteiger partial charge < -0.3 is 15.5 Å². The summed E-state index contributed by atoms with van der Waals surface area (Å²) >= 11 is 1.45. The van der Waals surface area contributed by atoms with Crippen LogP contribution in [0.25, 0.3) is 0 Å². The number of urea groups is 1. The van der Waals surface area contributed by atoms with E-state index in [-0.39, 0.29) is 30.6 Å². The van der Waals surface area contributed by atoms with Crippen molar-refractivity contribution < 1.29 is 14.4 Å². The summed E-state index contributed by atoms with van der Waals surface area (Å²) in [5.74, 6) is -0.210. The monoisotopic (exact) mass is 413 g/mol. The molecular weight excluding hydrogens is 386 g/mol. The fourth-order valence-electron chi connectivity index (χ4n) is 3.27. The number of nitrogens with zero attached hydrogens (tertiary/aromatic N) is 1. The molecule has 0 unspecified atom stereocenters.